The minimum absolute atomic E-state index is 0.0382. The Balaban J connectivity index is 2.03. The molecule has 4 nitrogen and oxygen atoms in total. The molecule has 1 aromatic heterocycles. The smallest absolute Gasteiger partial charge is 0.141 e. The molecule has 2 heterocycles. The summed E-state index contributed by atoms with van der Waals surface area (Å²) in [5.41, 5.74) is 8.74. The quantitative estimate of drug-likeness (QED) is 0.874. The van der Waals surface area contributed by atoms with Crippen LogP contribution >= 0.6 is 11.6 Å². The molecule has 18 heavy (non-hydrogen) atoms. The van der Waals surface area contributed by atoms with Crippen molar-refractivity contribution >= 4 is 11.6 Å². The fourth-order valence-electron chi connectivity index (χ4n) is 2.24. The molecule has 1 aliphatic rings. The average Bonchev–Trinajstić information content (AvgIpc) is 2.94. The number of aryl methyl sites for hydroxylation is 1. The Morgan fingerprint density at radius 2 is 2.39 bits per heavy atom. The van der Waals surface area contributed by atoms with Gasteiger partial charge in [-0.25, -0.2) is 4.98 Å². The van der Waals surface area contributed by atoms with Crippen molar-refractivity contribution in [3.05, 3.63) is 34.7 Å². The fourth-order valence-corrected chi connectivity index (χ4v) is 2.53. The summed E-state index contributed by atoms with van der Waals surface area (Å²) < 4.78 is 5.70. The van der Waals surface area contributed by atoms with Gasteiger partial charge in [-0.3, -0.25) is 0 Å². The molecule has 1 aliphatic heterocycles. The van der Waals surface area contributed by atoms with E-state index in [9.17, 15) is 0 Å². The first-order valence-corrected chi connectivity index (χ1v) is 6.26. The summed E-state index contributed by atoms with van der Waals surface area (Å²) in [7, 11) is 0. The van der Waals surface area contributed by atoms with E-state index in [1.807, 2.05) is 19.2 Å². The van der Waals surface area contributed by atoms with Gasteiger partial charge in [0.2, 0.25) is 0 Å². The Morgan fingerprint density at radius 3 is 3.06 bits per heavy atom. The topological polar surface area (TPSA) is 63.9 Å². The molecule has 3 N–H and O–H groups in total. The van der Waals surface area contributed by atoms with E-state index >= 15 is 0 Å². The van der Waals surface area contributed by atoms with Crippen LogP contribution in [0.2, 0.25) is 5.02 Å². The van der Waals surface area contributed by atoms with Gasteiger partial charge in [0.1, 0.15) is 17.7 Å². The highest BCUT2D eigenvalue weighted by Crippen LogP contribution is 2.39. The van der Waals surface area contributed by atoms with Crippen LogP contribution in [0.15, 0.2) is 18.3 Å². The predicted octanol–water partition coefficient (Wildman–Crippen LogP) is 2.30. The Labute approximate surface area is 110 Å². The zero-order valence-corrected chi connectivity index (χ0v) is 10.8. The second-order valence-electron chi connectivity index (χ2n) is 4.51. The number of H-pyrrole nitrogens is 1. The Bertz CT molecular complexity index is 594. The molecule has 5 heteroatoms. The molecule has 1 atom stereocenters. The number of hydrogen-bond acceptors (Lipinski definition) is 3. The number of nitrogens with two attached hydrogens (primary N) is 1. The molecule has 0 bridgehead atoms. The Hall–Kier alpha value is -1.52. The maximum Gasteiger partial charge on any atom is 0.141 e. The third kappa shape index (κ3) is 1.87. The van der Waals surface area contributed by atoms with Crippen molar-refractivity contribution < 1.29 is 4.74 Å². The lowest BCUT2D eigenvalue weighted by Crippen LogP contribution is -2.24. The van der Waals surface area contributed by atoms with Crippen LogP contribution in [0.5, 0.6) is 5.75 Å². The van der Waals surface area contributed by atoms with E-state index in [1.165, 1.54) is 0 Å². The Kier molecular flexibility index (Phi) is 2.76. The number of hydrogen-bond donors (Lipinski definition) is 2. The molecule has 0 saturated carbocycles. The second kappa shape index (κ2) is 4.30. The third-order valence-electron chi connectivity index (χ3n) is 3.13. The van der Waals surface area contributed by atoms with E-state index in [-0.39, 0.29) is 6.10 Å². The van der Waals surface area contributed by atoms with Crippen LogP contribution in [0.1, 0.15) is 11.4 Å². The van der Waals surface area contributed by atoms with Crippen molar-refractivity contribution in [3.8, 4) is 17.0 Å². The molecule has 1 aromatic carbocycles. The van der Waals surface area contributed by atoms with Crippen LogP contribution in [-0.4, -0.2) is 22.6 Å². The summed E-state index contributed by atoms with van der Waals surface area (Å²) in [6.45, 7) is 2.43. The van der Waals surface area contributed by atoms with Crippen molar-refractivity contribution in [2.24, 2.45) is 5.73 Å². The number of halogens is 1. The van der Waals surface area contributed by atoms with Gasteiger partial charge in [0.05, 0.1) is 16.9 Å². The zero-order valence-electron chi connectivity index (χ0n) is 10.0. The summed E-state index contributed by atoms with van der Waals surface area (Å²) in [6, 6.07) is 3.98. The molecular weight excluding hydrogens is 250 g/mol. The number of fused-ring (bicyclic) bond motifs is 1. The van der Waals surface area contributed by atoms with Crippen molar-refractivity contribution in [1.29, 1.82) is 0 Å². The molecule has 94 valence electrons. The van der Waals surface area contributed by atoms with Gasteiger partial charge in [-0.1, -0.05) is 11.6 Å². The molecule has 1 unspecified atom stereocenters. The minimum Gasteiger partial charge on any atom is -0.487 e. The maximum absolute atomic E-state index is 6.25. The molecule has 0 spiro atoms. The van der Waals surface area contributed by atoms with Gasteiger partial charge < -0.3 is 15.5 Å². The van der Waals surface area contributed by atoms with Gasteiger partial charge in [-0.15, -0.1) is 0 Å². The van der Waals surface area contributed by atoms with E-state index in [2.05, 4.69) is 16.0 Å². The number of nitrogens with one attached hydrogen (secondary N) is 1. The normalized spacial score (nSPS) is 17.6. The lowest BCUT2D eigenvalue weighted by atomic mass is 10.0. The van der Waals surface area contributed by atoms with E-state index in [0.29, 0.717) is 11.6 Å². The summed E-state index contributed by atoms with van der Waals surface area (Å²) in [4.78, 5) is 7.40. The third-order valence-corrected chi connectivity index (χ3v) is 3.41. The van der Waals surface area contributed by atoms with Crippen LogP contribution in [0.4, 0.5) is 0 Å². The van der Waals surface area contributed by atoms with Gasteiger partial charge in [0.15, 0.2) is 0 Å². The van der Waals surface area contributed by atoms with Crippen LogP contribution in [-0.2, 0) is 6.42 Å². The van der Waals surface area contributed by atoms with Gasteiger partial charge in [-0.2, -0.15) is 0 Å². The average molecular weight is 264 g/mol. The standard InChI is InChI=1S/C13H14ClN3O/c1-7-16-6-12(17-7)8-2-9-3-10(5-15)18-13(9)11(14)4-8/h2,4,6,10H,3,5,15H2,1H3,(H,16,17). The number of rotatable bonds is 2. The lowest BCUT2D eigenvalue weighted by molar-refractivity contribution is 0.241. The van der Waals surface area contributed by atoms with Gasteiger partial charge in [0.25, 0.3) is 0 Å². The van der Waals surface area contributed by atoms with Crippen LogP contribution < -0.4 is 10.5 Å². The van der Waals surface area contributed by atoms with Gasteiger partial charge in [0, 0.05) is 24.1 Å². The SMILES string of the molecule is Cc1ncc(-c2cc(Cl)c3c(c2)CC(CN)O3)[nH]1. The predicted molar refractivity (Wildman–Crippen MR) is 70.9 cm³/mol. The number of aromatic nitrogens is 2. The molecule has 0 amide bonds. The minimum atomic E-state index is 0.0382. The molecule has 0 aliphatic carbocycles. The van der Waals surface area contributed by atoms with Crippen LogP contribution in [0.3, 0.4) is 0 Å². The second-order valence-corrected chi connectivity index (χ2v) is 4.92. The first kappa shape index (κ1) is 11.6. The molecule has 0 fully saturated rings. The monoisotopic (exact) mass is 263 g/mol. The van der Waals surface area contributed by atoms with E-state index < -0.39 is 0 Å². The number of imidazole rings is 1. The summed E-state index contributed by atoms with van der Waals surface area (Å²) in [5.74, 6) is 1.66. The summed E-state index contributed by atoms with van der Waals surface area (Å²) >= 11 is 6.25. The molecular formula is C13H14ClN3O. The maximum atomic E-state index is 6.25. The highest BCUT2D eigenvalue weighted by molar-refractivity contribution is 6.32. The van der Waals surface area contributed by atoms with Crippen molar-refractivity contribution in [2.75, 3.05) is 6.54 Å². The Morgan fingerprint density at radius 1 is 1.56 bits per heavy atom. The van der Waals surface area contributed by atoms with E-state index in [4.69, 9.17) is 22.1 Å². The van der Waals surface area contributed by atoms with Crippen LogP contribution in [0, 0.1) is 6.92 Å². The van der Waals surface area contributed by atoms with E-state index in [0.717, 1.165) is 34.8 Å². The summed E-state index contributed by atoms with van der Waals surface area (Å²) in [6.07, 6.45) is 2.66. The highest BCUT2D eigenvalue weighted by atomic mass is 35.5. The van der Waals surface area contributed by atoms with Crippen LogP contribution in [0.25, 0.3) is 11.3 Å². The molecule has 0 radical (unpaired) electrons. The molecule has 2 aromatic rings. The van der Waals surface area contributed by atoms with Crippen molar-refractivity contribution in [1.82, 2.24) is 9.97 Å². The van der Waals surface area contributed by atoms with Crippen molar-refractivity contribution in [2.45, 2.75) is 19.4 Å². The molecule has 0 saturated heterocycles. The first-order chi connectivity index (χ1) is 8.67. The zero-order chi connectivity index (χ0) is 12.7. The van der Waals surface area contributed by atoms with Gasteiger partial charge >= 0.3 is 0 Å². The highest BCUT2D eigenvalue weighted by Gasteiger charge is 2.25. The number of benzene rings is 1. The number of ether oxygens (including phenoxy) is 1. The van der Waals surface area contributed by atoms with Crippen molar-refractivity contribution in [3.63, 3.8) is 0 Å². The first-order valence-electron chi connectivity index (χ1n) is 5.88. The largest absolute Gasteiger partial charge is 0.487 e. The summed E-state index contributed by atoms with van der Waals surface area (Å²) in [5, 5.41) is 0.630. The molecule has 3 rings (SSSR count). The number of aromatic amines is 1. The lowest BCUT2D eigenvalue weighted by Gasteiger charge is -2.07. The fraction of sp³-hybridized carbons (Fsp3) is 0.308. The van der Waals surface area contributed by atoms with E-state index in [1.54, 1.807) is 0 Å². The number of nitrogens with zero attached hydrogens (tertiary/aromatic N) is 1. The van der Waals surface area contributed by atoms with Gasteiger partial charge in [-0.05, 0) is 19.1 Å².